The van der Waals surface area contributed by atoms with Gasteiger partial charge in [0.1, 0.15) is 5.75 Å². The molecule has 5 heteroatoms. The minimum atomic E-state index is -0.514. The third-order valence-electron chi connectivity index (χ3n) is 3.43. The number of aromatic nitrogens is 1. The largest absolute Gasteiger partial charge is 0.479 e. The minimum absolute atomic E-state index is 0.0793. The molecule has 0 spiro atoms. The van der Waals surface area contributed by atoms with E-state index in [-0.39, 0.29) is 18.0 Å². The summed E-state index contributed by atoms with van der Waals surface area (Å²) in [6, 6.07) is 4.09. The number of carbonyl (C=O) groups is 1. The quantitative estimate of drug-likeness (QED) is 0.856. The van der Waals surface area contributed by atoms with Crippen LogP contribution in [-0.2, 0) is 4.79 Å². The first kappa shape index (κ1) is 13.8. The summed E-state index contributed by atoms with van der Waals surface area (Å²) in [6.45, 7) is 1.75. The van der Waals surface area contributed by atoms with E-state index in [0.717, 1.165) is 25.7 Å². The average molecular weight is 263 g/mol. The van der Waals surface area contributed by atoms with E-state index in [1.807, 2.05) is 0 Å². The van der Waals surface area contributed by atoms with Crippen molar-refractivity contribution < 1.29 is 9.53 Å². The number of hydrogen-bond donors (Lipinski definition) is 2. The van der Waals surface area contributed by atoms with Gasteiger partial charge in [0.25, 0.3) is 5.91 Å². The fourth-order valence-corrected chi connectivity index (χ4v) is 2.26. The van der Waals surface area contributed by atoms with Gasteiger partial charge in [-0.1, -0.05) is 0 Å². The van der Waals surface area contributed by atoms with Crippen molar-refractivity contribution in [2.75, 3.05) is 0 Å². The van der Waals surface area contributed by atoms with Gasteiger partial charge in [-0.2, -0.15) is 0 Å². The summed E-state index contributed by atoms with van der Waals surface area (Å²) in [5.41, 5.74) is 5.85. The lowest BCUT2D eigenvalue weighted by Crippen LogP contribution is -2.45. The number of carbonyl (C=O) groups excluding carboxylic acids is 1. The molecular formula is C14H21N3O2. The van der Waals surface area contributed by atoms with Crippen LogP contribution in [0, 0.1) is 0 Å². The summed E-state index contributed by atoms with van der Waals surface area (Å²) in [4.78, 5) is 16.0. The zero-order valence-electron chi connectivity index (χ0n) is 11.2. The number of amides is 1. The molecule has 1 aliphatic rings. The molecule has 1 heterocycles. The lowest BCUT2D eigenvalue weighted by atomic mass is 9.92. The van der Waals surface area contributed by atoms with Gasteiger partial charge in [0.2, 0.25) is 0 Å². The highest BCUT2D eigenvalue weighted by molar-refractivity contribution is 5.81. The van der Waals surface area contributed by atoms with Crippen LogP contribution < -0.4 is 15.8 Å². The van der Waals surface area contributed by atoms with Gasteiger partial charge >= 0.3 is 0 Å². The summed E-state index contributed by atoms with van der Waals surface area (Å²) in [7, 11) is 0. The van der Waals surface area contributed by atoms with Crippen LogP contribution in [0.25, 0.3) is 0 Å². The molecule has 1 amide bonds. The van der Waals surface area contributed by atoms with Gasteiger partial charge in [-0.25, -0.2) is 0 Å². The predicted octanol–water partition coefficient (Wildman–Crippen LogP) is 1.23. The van der Waals surface area contributed by atoms with Gasteiger partial charge in [-0.15, -0.1) is 0 Å². The van der Waals surface area contributed by atoms with Crippen molar-refractivity contribution in [3.8, 4) is 5.75 Å². The number of nitrogens with zero attached hydrogens (tertiary/aromatic N) is 1. The zero-order valence-corrected chi connectivity index (χ0v) is 11.2. The minimum Gasteiger partial charge on any atom is -0.479 e. The molecule has 1 unspecified atom stereocenters. The lowest BCUT2D eigenvalue weighted by Gasteiger charge is -2.27. The Morgan fingerprint density at radius 1 is 1.47 bits per heavy atom. The summed E-state index contributed by atoms with van der Waals surface area (Å²) >= 11 is 0. The van der Waals surface area contributed by atoms with Crippen LogP contribution in [0.3, 0.4) is 0 Å². The Labute approximate surface area is 113 Å². The average Bonchev–Trinajstić information content (AvgIpc) is 2.42. The van der Waals surface area contributed by atoms with Crippen LogP contribution in [0.1, 0.15) is 32.6 Å². The van der Waals surface area contributed by atoms with Gasteiger partial charge in [0, 0.05) is 18.3 Å². The van der Waals surface area contributed by atoms with Crippen LogP contribution in [-0.4, -0.2) is 29.1 Å². The summed E-state index contributed by atoms with van der Waals surface area (Å²) in [6.07, 6.45) is 6.61. The fourth-order valence-electron chi connectivity index (χ4n) is 2.26. The molecule has 1 aromatic heterocycles. The lowest BCUT2D eigenvalue weighted by molar-refractivity contribution is -0.128. The molecule has 0 bridgehead atoms. The van der Waals surface area contributed by atoms with E-state index in [9.17, 15) is 4.79 Å². The van der Waals surface area contributed by atoms with Crippen molar-refractivity contribution in [2.24, 2.45) is 5.73 Å². The van der Waals surface area contributed by atoms with E-state index >= 15 is 0 Å². The molecule has 0 radical (unpaired) electrons. The Bertz CT molecular complexity index is 402. The van der Waals surface area contributed by atoms with Crippen molar-refractivity contribution in [1.82, 2.24) is 10.3 Å². The van der Waals surface area contributed by atoms with Crippen molar-refractivity contribution in [3.05, 3.63) is 24.5 Å². The number of nitrogens with one attached hydrogen (secondary N) is 1. The van der Waals surface area contributed by atoms with Gasteiger partial charge in [-0.3, -0.25) is 9.78 Å². The molecule has 1 aliphatic carbocycles. The normalized spacial score (nSPS) is 24.5. The molecular weight excluding hydrogens is 242 g/mol. The topological polar surface area (TPSA) is 77.2 Å². The second-order valence-electron chi connectivity index (χ2n) is 5.07. The summed E-state index contributed by atoms with van der Waals surface area (Å²) in [5.74, 6) is 0.528. The molecule has 104 valence electrons. The predicted molar refractivity (Wildman–Crippen MR) is 72.7 cm³/mol. The smallest absolute Gasteiger partial charge is 0.260 e. The van der Waals surface area contributed by atoms with Crippen molar-refractivity contribution in [1.29, 1.82) is 0 Å². The Kier molecular flexibility index (Phi) is 4.74. The standard InChI is InChI=1S/C14H21N3O2/c1-10(19-13-3-2-8-16-9-13)14(18)17-12-6-4-11(15)5-7-12/h2-3,8-12H,4-7,15H2,1H3,(H,17,18). The number of nitrogens with two attached hydrogens (primary N) is 1. The second-order valence-corrected chi connectivity index (χ2v) is 5.07. The molecule has 19 heavy (non-hydrogen) atoms. The Hall–Kier alpha value is -1.62. The molecule has 0 aliphatic heterocycles. The van der Waals surface area contributed by atoms with E-state index in [0.29, 0.717) is 5.75 Å². The van der Waals surface area contributed by atoms with E-state index < -0.39 is 6.10 Å². The van der Waals surface area contributed by atoms with Crippen LogP contribution in [0.4, 0.5) is 0 Å². The van der Waals surface area contributed by atoms with Crippen LogP contribution in [0.15, 0.2) is 24.5 Å². The third-order valence-corrected chi connectivity index (χ3v) is 3.43. The van der Waals surface area contributed by atoms with Gasteiger partial charge in [-0.05, 0) is 44.7 Å². The molecule has 1 fully saturated rings. The fraction of sp³-hybridized carbons (Fsp3) is 0.571. The maximum Gasteiger partial charge on any atom is 0.260 e. The number of pyridine rings is 1. The zero-order chi connectivity index (χ0) is 13.7. The maximum atomic E-state index is 12.0. The molecule has 0 aromatic carbocycles. The van der Waals surface area contributed by atoms with Gasteiger partial charge < -0.3 is 15.8 Å². The first-order valence-corrected chi connectivity index (χ1v) is 6.78. The number of ether oxygens (including phenoxy) is 1. The molecule has 2 rings (SSSR count). The molecule has 1 saturated carbocycles. The highest BCUT2D eigenvalue weighted by Gasteiger charge is 2.23. The molecule has 1 aromatic rings. The first-order chi connectivity index (χ1) is 9.15. The van der Waals surface area contributed by atoms with E-state index in [1.54, 1.807) is 31.5 Å². The van der Waals surface area contributed by atoms with Crippen molar-refractivity contribution in [2.45, 2.75) is 50.8 Å². The number of rotatable bonds is 4. The van der Waals surface area contributed by atoms with E-state index in [2.05, 4.69) is 10.3 Å². The van der Waals surface area contributed by atoms with Crippen LogP contribution >= 0.6 is 0 Å². The van der Waals surface area contributed by atoms with Gasteiger partial charge in [0.15, 0.2) is 6.10 Å². The molecule has 5 nitrogen and oxygen atoms in total. The van der Waals surface area contributed by atoms with Crippen LogP contribution in [0.5, 0.6) is 5.75 Å². The SMILES string of the molecule is CC(Oc1cccnc1)C(=O)NC1CCC(N)CC1. The first-order valence-electron chi connectivity index (χ1n) is 6.78. The van der Waals surface area contributed by atoms with Crippen LogP contribution in [0.2, 0.25) is 0 Å². The second kappa shape index (κ2) is 6.52. The highest BCUT2D eigenvalue weighted by Crippen LogP contribution is 2.17. The maximum absolute atomic E-state index is 12.0. The van der Waals surface area contributed by atoms with E-state index in [1.165, 1.54) is 0 Å². The van der Waals surface area contributed by atoms with Gasteiger partial charge in [0.05, 0.1) is 6.20 Å². The van der Waals surface area contributed by atoms with Crippen molar-refractivity contribution in [3.63, 3.8) is 0 Å². The Morgan fingerprint density at radius 2 is 2.21 bits per heavy atom. The molecule has 0 saturated heterocycles. The molecule has 1 atom stereocenters. The summed E-state index contributed by atoms with van der Waals surface area (Å²) < 4.78 is 5.54. The number of hydrogen-bond acceptors (Lipinski definition) is 4. The molecule has 3 N–H and O–H groups in total. The monoisotopic (exact) mass is 263 g/mol. The Balaban J connectivity index is 1.79. The highest BCUT2D eigenvalue weighted by atomic mass is 16.5. The Morgan fingerprint density at radius 3 is 2.84 bits per heavy atom. The van der Waals surface area contributed by atoms with E-state index in [4.69, 9.17) is 10.5 Å². The van der Waals surface area contributed by atoms with Crippen molar-refractivity contribution >= 4 is 5.91 Å². The third kappa shape index (κ3) is 4.21. The summed E-state index contributed by atoms with van der Waals surface area (Å²) in [5, 5.41) is 3.02.